The summed E-state index contributed by atoms with van der Waals surface area (Å²) < 4.78 is 11.5. The maximum absolute atomic E-state index is 11.5. The number of likely N-dealkylation sites (N-methyl/N-ethyl adjacent to an activating group) is 1. The molecule has 0 aliphatic carbocycles. The lowest BCUT2D eigenvalue weighted by Gasteiger charge is -1.96. The molecule has 0 atom stereocenters. The average molecular weight is 171 g/mol. The molecule has 0 aromatic heterocycles. The second-order valence-corrected chi connectivity index (χ2v) is 1.79. The second kappa shape index (κ2) is 12.8. The molecule has 0 unspecified atom stereocenters. The standard InChI is InChI=1S/C8H12FN.C2H6/c1-3-8(7-10-2)5-4-6-9;1-2/h3-6,10H,1,7H2,2H3;1-2H3/b6-4+,8-5+;. The van der Waals surface area contributed by atoms with Gasteiger partial charge in [0.2, 0.25) is 0 Å². The Kier molecular flexibility index (Phi) is 14.5. The largest absolute Gasteiger partial charge is 0.316 e. The molecule has 1 N–H and O–H groups in total. The normalized spacial score (nSPS) is 10.8. The maximum atomic E-state index is 11.5. The molecule has 0 aromatic carbocycles. The predicted octanol–water partition coefficient (Wildman–Crippen LogP) is 2.83. The van der Waals surface area contributed by atoms with E-state index < -0.39 is 0 Å². The number of hydrogen-bond acceptors (Lipinski definition) is 1. The molecule has 0 saturated carbocycles. The molecule has 0 spiro atoms. The molecule has 0 amide bonds. The quantitative estimate of drug-likeness (QED) is 0.641. The molecular weight excluding hydrogens is 153 g/mol. The third-order valence-electron chi connectivity index (χ3n) is 1.03. The van der Waals surface area contributed by atoms with E-state index in [-0.39, 0.29) is 0 Å². The Morgan fingerprint density at radius 2 is 2.08 bits per heavy atom. The summed E-state index contributed by atoms with van der Waals surface area (Å²) in [6.07, 6.45) is 5.20. The van der Waals surface area contributed by atoms with Gasteiger partial charge in [0.25, 0.3) is 0 Å². The monoisotopic (exact) mass is 171 g/mol. The maximum Gasteiger partial charge on any atom is 0.0867 e. The van der Waals surface area contributed by atoms with Gasteiger partial charge in [-0.2, -0.15) is 0 Å². The van der Waals surface area contributed by atoms with Crippen molar-refractivity contribution in [1.29, 1.82) is 0 Å². The summed E-state index contributed by atoms with van der Waals surface area (Å²) in [5, 5.41) is 2.93. The van der Waals surface area contributed by atoms with Gasteiger partial charge in [0.15, 0.2) is 0 Å². The third kappa shape index (κ3) is 9.11. The summed E-state index contributed by atoms with van der Waals surface area (Å²) >= 11 is 0. The Hall–Kier alpha value is -0.890. The van der Waals surface area contributed by atoms with Crippen molar-refractivity contribution in [1.82, 2.24) is 5.32 Å². The zero-order chi connectivity index (χ0) is 9.82. The van der Waals surface area contributed by atoms with Crippen LogP contribution in [0.15, 0.2) is 36.7 Å². The van der Waals surface area contributed by atoms with Gasteiger partial charge in [0.05, 0.1) is 6.33 Å². The predicted molar refractivity (Wildman–Crippen MR) is 53.8 cm³/mol. The van der Waals surface area contributed by atoms with Gasteiger partial charge in [-0.05, 0) is 18.7 Å². The number of allylic oxidation sites excluding steroid dienone is 2. The van der Waals surface area contributed by atoms with E-state index in [0.29, 0.717) is 12.9 Å². The van der Waals surface area contributed by atoms with E-state index in [0.717, 1.165) is 5.57 Å². The molecule has 0 aliphatic heterocycles. The van der Waals surface area contributed by atoms with Gasteiger partial charge >= 0.3 is 0 Å². The van der Waals surface area contributed by atoms with Crippen LogP contribution in [0.2, 0.25) is 0 Å². The van der Waals surface area contributed by atoms with Crippen LogP contribution in [0.25, 0.3) is 0 Å². The zero-order valence-corrected chi connectivity index (χ0v) is 8.10. The van der Waals surface area contributed by atoms with Crippen LogP contribution in [0.3, 0.4) is 0 Å². The van der Waals surface area contributed by atoms with Crippen molar-refractivity contribution in [2.45, 2.75) is 13.8 Å². The van der Waals surface area contributed by atoms with Crippen LogP contribution in [0.5, 0.6) is 0 Å². The van der Waals surface area contributed by atoms with Crippen molar-refractivity contribution < 1.29 is 4.39 Å². The van der Waals surface area contributed by atoms with Crippen LogP contribution in [0.4, 0.5) is 4.39 Å². The van der Waals surface area contributed by atoms with Gasteiger partial charge in [0.1, 0.15) is 0 Å². The molecule has 0 aliphatic rings. The summed E-state index contributed by atoms with van der Waals surface area (Å²) in [7, 11) is 1.83. The van der Waals surface area contributed by atoms with Gasteiger partial charge < -0.3 is 5.32 Å². The molecule has 0 fully saturated rings. The number of nitrogens with one attached hydrogen (secondary N) is 1. The second-order valence-electron chi connectivity index (χ2n) is 1.79. The number of hydrogen-bond donors (Lipinski definition) is 1. The van der Waals surface area contributed by atoms with Crippen LogP contribution in [-0.2, 0) is 0 Å². The zero-order valence-electron chi connectivity index (χ0n) is 8.10. The van der Waals surface area contributed by atoms with Crippen molar-refractivity contribution in [2.75, 3.05) is 13.6 Å². The highest BCUT2D eigenvalue weighted by Crippen LogP contribution is 1.93. The highest BCUT2D eigenvalue weighted by atomic mass is 19.1. The Balaban J connectivity index is 0. The molecule has 0 saturated heterocycles. The first kappa shape index (κ1) is 13.7. The topological polar surface area (TPSA) is 12.0 Å². The molecule has 1 nitrogen and oxygen atoms in total. The van der Waals surface area contributed by atoms with Crippen LogP contribution in [0, 0.1) is 0 Å². The fraction of sp³-hybridized carbons (Fsp3) is 0.400. The number of halogens is 1. The summed E-state index contributed by atoms with van der Waals surface area (Å²) in [5.41, 5.74) is 0.969. The van der Waals surface area contributed by atoms with E-state index in [1.165, 1.54) is 6.08 Å². The van der Waals surface area contributed by atoms with Gasteiger partial charge in [-0.3, -0.25) is 0 Å². The van der Waals surface area contributed by atoms with Crippen molar-refractivity contribution in [3.8, 4) is 0 Å². The summed E-state index contributed by atoms with van der Waals surface area (Å²) in [6.45, 7) is 8.28. The Morgan fingerprint density at radius 3 is 2.42 bits per heavy atom. The first-order valence-corrected chi connectivity index (χ1v) is 4.08. The molecule has 0 heterocycles. The molecule has 2 heteroatoms. The van der Waals surface area contributed by atoms with Gasteiger partial charge in [-0.25, -0.2) is 4.39 Å². The lowest BCUT2D eigenvalue weighted by atomic mass is 10.2. The molecule has 0 radical (unpaired) electrons. The van der Waals surface area contributed by atoms with Crippen molar-refractivity contribution in [2.24, 2.45) is 0 Å². The lowest BCUT2D eigenvalue weighted by molar-refractivity contribution is 0.721. The smallest absolute Gasteiger partial charge is 0.0867 e. The lowest BCUT2D eigenvalue weighted by Crippen LogP contribution is -2.08. The van der Waals surface area contributed by atoms with E-state index in [4.69, 9.17) is 0 Å². The molecule has 0 aromatic rings. The Bertz CT molecular complexity index is 148. The summed E-state index contributed by atoms with van der Waals surface area (Å²) in [5.74, 6) is 0. The van der Waals surface area contributed by atoms with E-state index in [9.17, 15) is 4.39 Å². The minimum absolute atomic E-state index is 0.499. The van der Waals surface area contributed by atoms with Crippen molar-refractivity contribution >= 4 is 0 Å². The Labute approximate surface area is 74.7 Å². The highest BCUT2D eigenvalue weighted by Gasteiger charge is 1.84. The molecular formula is C10H18FN. The average Bonchev–Trinajstić information content (AvgIpc) is 2.15. The van der Waals surface area contributed by atoms with Crippen molar-refractivity contribution in [3.63, 3.8) is 0 Å². The first-order valence-electron chi connectivity index (χ1n) is 4.08. The SMILES string of the molecule is C=C/C(=C\C=C\F)CNC.CC. The molecule has 0 rings (SSSR count). The van der Waals surface area contributed by atoms with E-state index in [1.807, 2.05) is 20.9 Å². The third-order valence-corrected chi connectivity index (χ3v) is 1.03. The minimum Gasteiger partial charge on any atom is -0.316 e. The number of rotatable bonds is 4. The van der Waals surface area contributed by atoms with Crippen LogP contribution in [-0.4, -0.2) is 13.6 Å². The van der Waals surface area contributed by atoms with Crippen molar-refractivity contribution in [3.05, 3.63) is 36.7 Å². The summed E-state index contributed by atoms with van der Waals surface area (Å²) in [4.78, 5) is 0. The fourth-order valence-corrected chi connectivity index (χ4v) is 0.563. The van der Waals surface area contributed by atoms with Crippen LogP contribution < -0.4 is 5.32 Å². The van der Waals surface area contributed by atoms with Gasteiger partial charge in [0, 0.05) is 6.54 Å². The summed E-state index contributed by atoms with van der Waals surface area (Å²) in [6, 6.07) is 0. The van der Waals surface area contributed by atoms with E-state index >= 15 is 0 Å². The molecule has 70 valence electrons. The molecule has 12 heavy (non-hydrogen) atoms. The fourth-order valence-electron chi connectivity index (χ4n) is 0.563. The first-order chi connectivity index (χ1) is 5.85. The Morgan fingerprint density at radius 1 is 1.50 bits per heavy atom. The van der Waals surface area contributed by atoms with Crippen LogP contribution in [0.1, 0.15) is 13.8 Å². The van der Waals surface area contributed by atoms with Crippen LogP contribution >= 0.6 is 0 Å². The minimum atomic E-state index is 0.499. The molecule has 0 bridgehead atoms. The van der Waals surface area contributed by atoms with Gasteiger partial charge in [-0.15, -0.1) is 0 Å². The van der Waals surface area contributed by atoms with Gasteiger partial charge in [-0.1, -0.05) is 32.6 Å². The highest BCUT2D eigenvalue weighted by molar-refractivity contribution is 5.22. The van der Waals surface area contributed by atoms with E-state index in [2.05, 4.69) is 11.9 Å². The van der Waals surface area contributed by atoms with E-state index in [1.54, 1.807) is 12.2 Å².